The monoisotopic (exact) mass is 367 g/mol. The van der Waals surface area contributed by atoms with Gasteiger partial charge in [0.15, 0.2) is 6.61 Å². The Labute approximate surface area is 134 Å². The van der Waals surface area contributed by atoms with Gasteiger partial charge in [-0.15, -0.1) is 5.21 Å². The van der Waals surface area contributed by atoms with Crippen LogP contribution in [-0.4, -0.2) is 46.0 Å². The second kappa shape index (κ2) is 8.08. The number of rotatable bonds is 7. The van der Waals surface area contributed by atoms with Crippen LogP contribution < -0.4 is 4.74 Å². The van der Waals surface area contributed by atoms with Crippen LogP contribution in [0.4, 0.5) is 5.95 Å². The molecule has 22 heavy (non-hydrogen) atoms. The van der Waals surface area contributed by atoms with Crippen molar-refractivity contribution in [3.63, 3.8) is 0 Å². The minimum Gasteiger partial charge on any atom is -0.481 e. The van der Waals surface area contributed by atoms with Gasteiger partial charge in [0.25, 0.3) is 0 Å². The number of esters is 1. The quantitative estimate of drug-likeness (QED) is 0.454. The largest absolute Gasteiger partial charge is 0.481 e. The molecule has 0 radical (unpaired) electrons. The Morgan fingerprint density at radius 2 is 2.41 bits per heavy atom. The Balaban J connectivity index is 2.03. The van der Waals surface area contributed by atoms with E-state index in [1.54, 1.807) is 25.1 Å². The van der Waals surface area contributed by atoms with E-state index in [0.29, 0.717) is 17.9 Å². The van der Waals surface area contributed by atoms with Gasteiger partial charge in [-0.2, -0.15) is 0 Å². The number of aromatic nitrogens is 4. The summed E-state index contributed by atoms with van der Waals surface area (Å²) in [5, 5.41) is 16.7. The summed E-state index contributed by atoms with van der Waals surface area (Å²) >= 11 is 3.35. The topological polar surface area (TPSA) is 116 Å². The normalized spacial score (nSPS) is 10.6. The van der Waals surface area contributed by atoms with Crippen LogP contribution in [0.1, 0.15) is 12.5 Å². The summed E-state index contributed by atoms with van der Waals surface area (Å²) in [4.78, 5) is 11.3. The van der Waals surface area contributed by atoms with Crippen molar-refractivity contribution in [2.75, 3.05) is 13.2 Å². The highest BCUT2D eigenvalue weighted by molar-refractivity contribution is 9.10. The number of nitrogens with one attached hydrogen (secondary N) is 1. The van der Waals surface area contributed by atoms with Gasteiger partial charge in [0.2, 0.25) is 0 Å². The lowest BCUT2D eigenvalue weighted by Crippen LogP contribution is -2.15. The number of H-pyrrole nitrogens is 1. The van der Waals surface area contributed by atoms with Crippen molar-refractivity contribution in [1.82, 2.24) is 20.6 Å². The SMILES string of the molecule is CCOC(=O)COc1ccc(Br)cc1C=N[N-]c1nn[nH]n1. The standard InChI is InChI=1S/C12H12BrN6O3/c1-2-21-11(20)7-22-10-4-3-9(13)5-8(10)6-14-15-12-16-18-19-17-12/h3-6H,2,7H2,1H3,(H-,15,16,17,18,19)/q-1. The van der Waals surface area contributed by atoms with E-state index in [1.165, 1.54) is 6.21 Å². The molecular weight excluding hydrogens is 356 g/mol. The van der Waals surface area contributed by atoms with Crippen molar-refractivity contribution in [3.8, 4) is 5.75 Å². The summed E-state index contributed by atoms with van der Waals surface area (Å²) < 4.78 is 11.1. The molecular formula is C12H12BrN6O3-. The first-order valence-corrected chi connectivity index (χ1v) is 7.04. The molecule has 0 atom stereocenters. The minimum atomic E-state index is -0.440. The average molecular weight is 368 g/mol. The maximum Gasteiger partial charge on any atom is 0.344 e. The van der Waals surface area contributed by atoms with Crippen LogP contribution in [0.3, 0.4) is 0 Å². The first kappa shape index (κ1) is 15.9. The Hall–Kier alpha value is -2.49. The molecule has 2 rings (SSSR count). The van der Waals surface area contributed by atoms with E-state index in [-0.39, 0.29) is 12.6 Å². The van der Waals surface area contributed by atoms with Gasteiger partial charge in [-0.3, -0.25) is 20.8 Å². The lowest BCUT2D eigenvalue weighted by atomic mass is 10.2. The van der Waals surface area contributed by atoms with Crippen molar-refractivity contribution in [3.05, 3.63) is 33.7 Å². The highest BCUT2D eigenvalue weighted by Gasteiger charge is 2.07. The summed E-state index contributed by atoms with van der Waals surface area (Å²) in [6.07, 6.45) is 1.46. The van der Waals surface area contributed by atoms with Crippen LogP contribution >= 0.6 is 15.9 Å². The number of halogens is 1. The summed E-state index contributed by atoms with van der Waals surface area (Å²) in [5.41, 5.74) is 4.38. The fourth-order valence-corrected chi connectivity index (χ4v) is 1.81. The van der Waals surface area contributed by atoms with Crippen LogP contribution in [0, 0.1) is 0 Å². The van der Waals surface area contributed by atoms with Gasteiger partial charge in [-0.05, 0) is 25.1 Å². The van der Waals surface area contributed by atoms with Crippen LogP contribution in [0.25, 0.3) is 5.43 Å². The third kappa shape index (κ3) is 4.81. The predicted molar refractivity (Wildman–Crippen MR) is 81.1 cm³/mol. The lowest BCUT2D eigenvalue weighted by molar-refractivity contribution is -0.145. The molecule has 9 nitrogen and oxygen atoms in total. The highest BCUT2D eigenvalue weighted by atomic mass is 79.9. The predicted octanol–water partition coefficient (Wildman–Crippen LogP) is 1.94. The second-order valence-corrected chi connectivity index (χ2v) is 4.75. The van der Waals surface area contributed by atoms with Crippen molar-refractivity contribution < 1.29 is 14.3 Å². The third-order valence-corrected chi connectivity index (χ3v) is 2.79. The molecule has 0 aliphatic heterocycles. The molecule has 1 aromatic carbocycles. The van der Waals surface area contributed by atoms with Gasteiger partial charge in [0, 0.05) is 16.3 Å². The van der Waals surface area contributed by atoms with Crippen molar-refractivity contribution in [2.24, 2.45) is 5.10 Å². The summed E-state index contributed by atoms with van der Waals surface area (Å²) in [7, 11) is 0. The highest BCUT2D eigenvalue weighted by Crippen LogP contribution is 2.22. The molecule has 0 fully saturated rings. The molecule has 0 aliphatic carbocycles. The number of nitrogens with zero attached hydrogens (tertiary/aromatic N) is 5. The molecule has 0 saturated heterocycles. The number of carbonyl (C=O) groups is 1. The summed E-state index contributed by atoms with van der Waals surface area (Å²) in [6, 6.07) is 5.27. The molecule has 0 unspecified atom stereocenters. The molecule has 0 bridgehead atoms. The molecule has 1 heterocycles. The number of hydrogen-bond donors (Lipinski definition) is 1. The maximum absolute atomic E-state index is 11.3. The Kier molecular flexibility index (Phi) is 5.83. The Morgan fingerprint density at radius 3 is 3.14 bits per heavy atom. The second-order valence-electron chi connectivity index (χ2n) is 3.83. The molecule has 2 aromatic rings. The number of ether oxygens (including phenoxy) is 2. The van der Waals surface area contributed by atoms with Gasteiger partial charge >= 0.3 is 5.97 Å². The number of benzene rings is 1. The molecule has 0 spiro atoms. The Morgan fingerprint density at radius 1 is 1.55 bits per heavy atom. The third-order valence-electron chi connectivity index (χ3n) is 2.30. The first-order chi connectivity index (χ1) is 10.7. The average Bonchev–Trinajstić information content (AvgIpc) is 3.00. The molecule has 0 aliphatic rings. The van der Waals surface area contributed by atoms with E-state index < -0.39 is 5.97 Å². The Bertz CT molecular complexity index is 646. The lowest BCUT2D eigenvalue weighted by Gasteiger charge is -2.09. The van der Waals surface area contributed by atoms with Crippen LogP contribution in [0.2, 0.25) is 0 Å². The molecule has 0 amide bonds. The van der Waals surface area contributed by atoms with Crippen LogP contribution in [0.15, 0.2) is 27.8 Å². The van der Waals surface area contributed by atoms with Crippen molar-refractivity contribution in [1.29, 1.82) is 0 Å². The van der Waals surface area contributed by atoms with E-state index >= 15 is 0 Å². The number of tetrazole rings is 1. The zero-order valence-corrected chi connectivity index (χ0v) is 13.1. The van der Waals surface area contributed by atoms with Crippen LogP contribution in [0.5, 0.6) is 5.75 Å². The van der Waals surface area contributed by atoms with E-state index in [9.17, 15) is 4.79 Å². The molecule has 1 aromatic heterocycles. The first-order valence-electron chi connectivity index (χ1n) is 6.24. The number of carbonyl (C=O) groups excluding carboxylic acids is 1. The number of hydrogen-bond acceptors (Lipinski definition) is 7. The van der Waals surface area contributed by atoms with Gasteiger partial charge in [-0.25, -0.2) is 9.90 Å². The zero-order valence-electron chi connectivity index (χ0n) is 11.6. The molecule has 10 heteroatoms. The van der Waals surface area contributed by atoms with Gasteiger partial charge < -0.3 is 9.47 Å². The summed E-state index contributed by atoms with van der Waals surface area (Å²) in [5.74, 6) is 0.147. The van der Waals surface area contributed by atoms with Crippen molar-refractivity contribution >= 4 is 34.1 Å². The van der Waals surface area contributed by atoms with E-state index in [1.807, 2.05) is 0 Å². The van der Waals surface area contributed by atoms with Gasteiger partial charge in [0.05, 0.1) is 12.6 Å². The van der Waals surface area contributed by atoms with E-state index in [2.05, 4.69) is 47.1 Å². The van der Waals surface area contributed by atoms with Crippen LogP contribution in [-0.2, 0) is 9.53 Å². The fraction of sp³-hybridized carbons (Fsp3) is 0.250. The smallest absolute Gasteiger partial charge is 0.344 e. The van der Waals surface area contributed by atoms with E-state index in [4.69, 9.17) is 9.47 Å². The minimum absolute atomic E-state index is 0.111. The van der Waals surface area contributed by atoms with Gasteiger partial charge in [-0.1, -0.05) is 15.9 Å². The molecule has 0 saturated carbocycles. The fourth-order valence-electron chi connectivity index (χ4n) is 1.43. The molecule has 1 N–H and O–H groups in total. The van der Waals surface area contributed by atoms with E-state index in [0.717, 1.165) is 4.47 Å². The zero-order chi connectivity index (χ0) is 15.8. The molecule has 116 valence electrons. The maximum atomic E-state index is 11.3. The number of aromatic amines is 1. The van der Waals surface area contributed by atoms with Gasteiger partial charge in [0.1, 0.15) is 5.75 Å². The summed E-state index contributed by atoms with van der Waals surface area (Å²) in [6.45, 7) is 1.85. The van der Waals surface area contributed by atoms with Crippen molar-refractivity contribution in [2.45, 2.75) is 6.92 Å².